The second-order valence-corrected chi connectivity index (χ2v) is 7.08. The molecule has 1 fully saturated rings. The molecule has 0 spiro atoms. The van der Waals surface area contributed by atoms with Crippen LogP contribution in [0.1, 0.15) is 35.4 Å². The lowest BCUT2D eigenvalue weighted by atomic mass is 10.1. The second kappa shape index (κ2) is 6.67. The summed E-state index contributed by atoms with van der Waals surface area (Å²) in [7, 11) is 0. The summed E-state index contributed by atoms with van der Waals surface area (Å²) >= 11 is 1.50. The summed E-state index contributed by atoms with van der Waals surface area (Å²) in [6.45, 7) is 4.80. The van der Waals surface area contributed by atoms with Gasteiger partial charge in [-0.1, -0.05) is 11.3 Å². The summed E-state index contributed by atoms with van der Waals surface area (Å²) in [5, 5.41) is 13.0. The van der Waals surface area contributed by atoms with E-state index in [9.17, 15) is 0 Å². The standard InChI is InChI=1S/C16H18N8S/c1-10-19-12(8-14(20-10)21-16-23-22-11(2)25-16)13-4-3-7-24(13)15-5-6-17-9-18-15/h5-6,8-9,13H,3-4,7H2,1-2H3,(H,19,20,21,23)/t13-/m0/s1. The van der Waals surface area contributed by atoms with Gasteiger partial charge in [0.15, 0.2) is 0 Å². The Morgan fingerprint density at radius 3 is 2.92 bits per heavy atom. The highest BCUT2D eigenvalue weighted by molar-refractivity contribution is 7.15. The van der Waals surface area contributed by atoms with Gasteiger partial charge in [0.2, 0.25) is 5.13 Å². The molecule has 0 unspecified atom stereocenters. The molecular formula is C16H18N8S. The van der Waals surface area contributed by atoms with Gasteiger partial charge >= 0.3 is 0 Å². The van der Waals surface area contributed by atoms with Crippen LogP contribution >= 0.6 is 11.3 Å². The van der Waals surface area contributed by atoms with E-state index in [4.69, 9.17) is 0 Å². The molecule has 1 saturated heterocycles. The quantitative estimate of drug-likeness (QED) is 0.764. The van der Waals surface area contributed by atoms with Crippen LogP contribution < -0.4 is 10.2 Å². The highest BCUT2D eigenvalue weighted by Crippen LogP contribution is 2.35. The summed E-state index contributed by atoms with van der Waals surface area (Å²) in [5.41, 5.74) is 0.993. The van der Waals surface area contributed by atoms with E-state index in [1.54, 1.807) is 12.5 Å². The molecule has 3 aromatic rings. The predicted molar refractivity (Wildman–Crippen MR) is 96.1 cm³/mol. The fraction of sp³-hybridized carbons (Fsp3) is 0.375. The minimum atomic E-state index is 0.188. The van der Waals surface area contributed by atoms with Crippen LogP contribution in [0.25, 0.3) is 0 Å². The molecule has 8 nitrogen and oxygen atoms in total. The zero-order chi connectivity index (χ0) is 17.2. The minimum Gasteiger partial charge on any atom is -0.348 e. The van der Waals surface area contributed by atoms with E-state index in [-0.39, 0.29) is 6.04 Å². The predicted octanol–water partition coefficient (Wildman–Crippen LogP) is 2.82. The maximum atomic E-state index is 4.67. The minimum absolute atomic E-state index is 0.188. The molecule has 0 aliphatic carbocycles. The largest absolute Gasteiger partial charge is 0.348 e. The van der Waals surface area contributed by atoms with Crippen molar-refractivity contribution >= 4 is 28.1 Å². The Morgan fingerprint density at radius 2 is 2.16 bits per heavy atom. The molecule has 0 amide bonds. The van der Waals surface area contributed by atoms with Crippen molar-refractivity contribution in [1.29, 1.82) is 0 Å². The van der Waals surface area contributed by atoms with Gasteiger partial charge in [-0.3, -0.25) is 0 Å². The summed E-state index contributed by atoms with van der Waals surface area (Å²) in [6.07, 6.45) is 5.50. The monoisotopic (exact) mass is 354 g/mol. The molecule has 1 aliphatic rings. The summed E-state index contributed by atoms with van der Waals surface area (Å²) in [5.74, 6) is 2.41. The summed E-state index contributed by atoms with van der Waals surface area (Å²) in [6, 6.07) is 4.12. The Bertz CT molecular complexity index is 866. The Morgan fingerprint density at radius 1 is 1.24 bits per heavy atom. The SMILES string of the molecule is Cc1nc(Nc2nnc(C)s2)cc([C@@H]2CCCN2c2ccncn2)n1. The first-order chi connectivity index (χ1) is 12.2. The van der Waals surface area contributed by atoms with E-state index in [1.165, 1.54) is 11.3 Å². The van der Waals surface area contributed by atoms with Gasteiger partial charge in [-0.25, -0.2) is 19.9 Å². The molecule has 4 heterocycles. The number of hydrogen-bond acceptors (Lipinski definition) is 9. The molecule has 0 radical (unpaired) electrons. The first kappa shape index (κ1) is 15.8. The molecule has 128 valence electrons. The highest BCUT2D eigenvalue weighted by atomic mass is 32.1. The van der Waals surface area contributed by atoms with Crippen LogP contribution in [-0.4, -0.2) is 36.7 Å². The van der Waals surface area contributed by atoms with Crippen LogP contribution in [0.3, 0.4) is 0 Å². The molecule has 1 N–H and O–H groups in total. The molecule has 4 rings (SSSR count). The fourth-order valence-electron chi connectivity index (χ4n) is 3.08. The van der Waals surface area contributed by atoms with Crippen LogP contribution in [0.5, 0.6) is 0 Å². The zero-order valence-corrected chi connectivity index (χ0v) is 14.9. The molecule has 0 aromatic carbocycles. The summed E-state index contributed by atoms with van der Waals surface area (Å²) < 4.78 is 0. The lowest BCUT2D eigenvalue weighted by Crippen LogP contribution is -2.24. The number of nitrogens with zero attached hydrogens (tertiary/aromatic N) is 7. The molecule has 9 heteroatoms. The highest BCUT2D eigenvalue weighted by Gasteiger charge is 2.28. The Kier molecular flexibility index (Phi) is 4.22. The third-order valence-corrected chi connectivity index (χ3v) is 4.83. The van der Waals surface area contributed by atoms with E-state index in [0.29, 0.717) is 0 Å². The maximum Gasteiger partial charge on any atom is 0.211 e. The zero-order valence-electron chi connectivity index (χ0n) is 14.0. The number of aromatic nitrogens is 6. The molecule has 0 bridgehead atoms. The van der Waals surface area contributed by atoms with Crippen LogP contribution in [0.4, 0.5) is 16.8 Å². The third-order valence-electron chi connectivity index (χ3n) is 4.07. The molecule has 25 heavy (non-hydrogen) atoms. The van der Waals surface area contributed by atoms with E-state index in [1.807, 2.05) is 26.0 Å². The van der Waals surface area contributed by atoms with Gasteiger partial charge in [0.25, 0.3) is 0 Å². The van der Waals surface area contributed by atoms with Gasteiger partial charge < -0.3 is 10.2 Å². The fourth-order valence-corrected chi connectivity index (χ4v) is 3.68. The molecule has 1 atom stereocenters. The van der Waals surface area contributed by atoms with Gasteiger partial charge in [0.1, 0.15) is 28.8 Å². The van der Waals surface area contributed by atoms with Crippen molar-refractivity contribution in [2.75, 3.05) is 16.8 Å². The maximum absolute atomic E-state index is 4.67. The average molecular weight is 354 g/mol. The average Bonchev–Trinajstić information content (AvgIpc) is 3.24. The molecular weight excluding hydrogens is 336 g/mol. The van der Waals surface area contributed by atoms with Crippen molar-refractivity contribution in [1.82, 2.24) is 30.1 Å². The number of hydrogen-bond donors (Lipinski definition) is 1. The van der Waals surface area contributed by atoms with E-state index in [0.717, 1.165) is 52.7 Å². The van der Waals surface area contributed by atoms with Gasteiger partial charge in [-0.2, -0.15) is 0 Å². The first-order valence-electron chi connectivity index (χ1n) is 8.14. The van der Waals surface area contributed by atoms with Crippen molar-refractivity contribution in [3.05, 3.63) is 41.2 Å². The number of aryl methyl sites for hydroxylation is 2. The normalized spacial score (nSPS) is 17.0. The van der Waals surface area contributed by atoms with Crippen LogP contribution in [-0.2, 0) is 0 Å². The van der Waals surface area contributed by atoms with Gasteiger partial charge in [0.05, 0.1) is 11.7 Å². The molecule has 3 aromatic heterocycles. The van der Waals surface area contributed by atoms with Gasteiger partial charge in [-0.05, 0) is 32.8 Å². The van der Waals surface area contributed by atoms with E-state index >= 15 is 0 Å². The lowest BCUT2D eigenvalue weighted by Gasteiger charge is -2.25. The second-order valence-electron chi connectivity index (χ2n) is 5.90. The van der Waals surface area contributed by atoms with Crippen molar-refractivity contribution < 1.29 is 0 Å². The van der Waals surface area contributed by atoms with Crippen molar-refractivity contribution in [3.63, 3.8) is 0 Å². The topological polar surface area (TPSA) is 92.6 Å². The van der Waals surface area contributed by atoms with Crippen molar-refractivity contribution in [3.8, 4) is 0 Å². The van der Waals surface area contributed by atoms with Crippen molar-refractivity contribution in [2.45, 2.75) is 32.7 Å². The van der Waals surface area contributed by atoms with Crippen molar-refractivity contribution in [2.24, 2.45) is 0 Å². The lowest BCUT2D eigenvalue weighted by molar-refractivity contribution is 0.680. The third kappa shape index (κ3) is 3.41. The Labute approximate surface area is 149 Å². The number of nitrogens with one attached hydrogen (secondary N) is 1. The van der Waals surface area contributed by atoms with E-state index in [2.05, 4.69) is 40.3 Å². The van der Waals surface area contributed by atoms with E-state index < -0.39 is 0 Å². The molecule has 1 aliphatic heterocycles. The Balaban J connectivity index is 1.63. The smallest absolute Gasteiger partial charge is 0.211 e. The number of anilines is 3. The first-order valence-corrected chi connectivity index (χ1v) is 8.96. The van der Waals surface area contributed by atoms with Gasteiger partial charge in [0, 0.05) is 18.8 Å². The molecule has 0 saturated carbocycles. The van der Waals surface area contributed by atoms with Gasteiger partial charge in [-0.15, -0.1) is 10.2 Å². The number of rotatable bonds is 4. The Hall–Kier alpha value is -2.68. The van der Waals surface area contributed by atoms with Crippen LogP contribution in [0.15, 0.2) is 24.7 Å². The summed E-state index contributed by atoms with van der Waals surface area (Å²) in [4.78, 5) is 19.8. The van der Waals surface area contributed by atoms with Crippen LogP contribution in [0, 0.1) is 13.8 Å². The van der Waals surface area contributed by atoms with Crippen LogP contribution in [0.2, 0.25) is 0 Å².